The molecule has 0 amide bonds. The number of epoxide rings is 1. The Hall–Kier alpha value is -2.70. The smallest absolute Gasteiger partial charge is 0.310 e. The third-order valence-corrected chi connectivity index (χ3v) is 7.52. The van der Waals surface area contributed by atoms with Crippen molar-refractivity contribution in [2.75, 3.05) is 0 Å². The zero-order valence-corrected chi connectivity index (χ0v) is 20.5. The summed E-state index contributed by atoms with van der Waals surface area (Å²) >= 11 is 0. The van der Waals surface area contributed by atoms with Gasteiger partial charge in [-0.2, -0.15) is 0 Å². The fourth-order valence-electron chi connectivity index (χ4n) is 5.88. The molecule has 186 valence electrons. The largest absolute Gasteiger partial charge is 0.462 e. The van der Waals surface area contributed by atoms with Gasteiger partial charge in [0.15, 0.2) is 0 Å². The van der Waals surface area contributed by atoms with Gasteiger partial charge in [0, 0.05) is 24.9 Å². The molecule has 3 fully saturated rings. The molecule has 6 nitrogen and oxygen atoms in total. The summed E-state index contributed by atoms with van der Waals surface area (Å²) in [4.78, 5) is 25.5. The van der Waals surface area contributed by atoms with E-state index in [0.29, 0.717) is 32.2 Å². The summed E-state index contributed by atoms with van der Waals surface area (Å²) in [5.74, 6) is -0.123. The molecule has 1 aliphatic heterocycles. The van der Waals surface area contributed by atoms with Crippen LogP contribution in [0.25, 0.3) is 0 Å². The van der Waals surface area contributed by atoms with Gasteiger partial charge in [-0.1, -0.05) is 74.5 Å². The van der Waals surface area contributed by atoms with E-state index in [4.69, 9.17) is 14.2 Å². The van der Waals surface area contributed by atoms with Gasteiger partial charge in [0.1, 0.15) is 23.9 Å². The number of hydrogen-bond acceptors (Lipinski definition) is 6. The van der Waals surface area contributed by atoms with Crippen molar-refractivity contribution in [3.8, 4) is 0 Å². The standard InChI is InChI=1S/C29H35NO5/c1-19(2)15-25(32)35-29-14-13-23(33-24(31)16-20-9-5-3-6-10-20)22(17-29)26(27-28(29)34-27)30-18-21-11-7-4-8-12-21/h3-12,19,22-23,26-28,30H,13-18H2,1-2H3/t22?,23-,26-,27+,28+,29-/m1/s1. The van der Waals surface area contributed by atoms with Crippen LogP contribution in [0.2, 0.25) is 0 Å². The zero-order valence-electron chi connectivity index (χ0n) is 20.5. The SMILES string of the molecule is CC(C)CC(=O)O[C@]12CC[C@@H](OC(=O)Cc3ccccc3)C(C1)[C@@H](NCc1ccccc1)[C@@H]1O[C@@H]12. The molecule has 1 unspecified atom stereocenters. The van der Waals surface area contributed by atoms with Gasteiger partial charge in [0.05, 0.1) is 6.42 Å². The van der Waals surface area contributed by atoms with Crippen molar-refractivity contribution in [2.24, 2.45) is 11.8 Å². The number of benzene rings is 2. The first-order valence-electron chi connectivity index (χ1n) is 12.8. The third kappa shape index (κ3) is 5.44. The molecule has 1 heterocycles. The third-order valence-electron chi connectivity index (χ3n) is 7.52. The summed E-state index contributed by atoms with van der Waals surface area (Å²) in [6, 6.07) is 20.0. The summed E-state index contributed by atoms with van der Waals surface area (Å²) in [5.41, 5.74) is 1.52. The second-order valence-corrected chi connectivity index (χ2v) is 10.6. The van der Waals surface area contributed by atoms with Crippen LogP contribution in [0.3, 0.4) is 0 Å². The minimum Gasteiger partial charge on any atom is -0.462 e. The van der Waals surface area contributed by atoms with Gasteiger partial charge in [-0.3, -0.25) is 9.59 Å². The Kier molecular flexibility index (Phi) is 6.94. The first kappa shape index (κ1) is 24.0. The molecule has 1 N–H and O–H groups in total. The van der Waals surface area contributed by atoms with Crippen molar-refractivity contribution in [1.82, 2.24) is 5.32 Å². The molecular formula is C29H35NO5. The number of carbonyl (C=O) groups is 2. The van der Waals surface area contributed by atoms with Crippen molar-refractivity contribution in [3.05, 3.63) is 71.8 Å². The van der Waals surface area contributed by atoms with E-state index in [-0.39, 0.29) is 54.5 Å². The highest BCUT2D eigenvalue weighted by Gasteiger charge is 2.68. The highest BCUT2D eigenvalue weighted by Crippen LogP contribution is 2.55. The van der Waals surface area contributed by atoms with Crippen molar-refractivity contribution in [3.63, 3.8) is 0 Å². The maximum absolute atomic E-state index is 12.8. The molecule has 35 heavy (non-hydrogen) atoms. The molecule has 0 aromatic heterocycles. The lowest BCUT2D eigenvalue weighted by atomic mass is 9.65. The molecule has 2 bridgehead atoms. The van der Waals surface area contributed by atoms with Crippen molar-refractivity contribution in [2.45, 2.75) is 82.5 Å². The Balaban J connectivity index is 1.31. The first-order valence-corrected chi connectivity index (χ1v) is 12.8. The Morgan fingerprint density at radius 1 is 1.03 bits per heavy atom. The zero-order chi connectivity index (χ0) is 24.4. The predicted octanol–water partition coefficient (Wildman–Crippen LogP) is 4.21. The minimum atomic E-state index is -0.616. The van der Waals surface area contributed by atoms with Gasteiger partial charge < -0.3 is 19.5 Å². The van der Waals surface area contributed by atoms with E-state index in [1.807, 2.05) is 62.4 Å². The quantitative estimate of drug-likeness (QED) is 0.431. The summed E-state index contributed by atoms with van der Waals surface area (Å²) in [6.45, 7) is 4.75. The van der Waals surface area contributed by atoms with E-state index in [0.717, 1.165) is 5.56 Å². The van der Waals surface area contributed by atoms with E-state index in [9.17, 15) is 9.59 Å². The predicted molar refractivity (Wildman–Crippen MR) is 131 cm³/mol. The molecule has 2 aromatic carbocycles. The Labute approximate surface area is 207 Å². The van der Waals surface area contributed by atoms with Gasteiger partial charge in [0.2, 0.25) is 0 Å². The normalized spacial score (nSPS) is 30.9. The number of esters is 2. The van der Waals surface area contributed by atoms with E-state index < -0.39 is 5.60 Å². The van der Waals surface area contributed by atoms with Crippen LogP contribution in [0, 0.1) is 11.8 Å². The topological polar surface area (TPSA) is 77.2 Å². The second kappa shape index (κ2) is 10.1. The molecule has 3 aliphatic rings. The Morgan fingerprint density at radius 2 is 1.71 bits per heavy atom. The number of hydrogen-bond donors (Lipinski definition) is 1. The van der Waals surface area contributed by atoms with Gasteiger partial charge in [-0.25, -0.2) is 0 Å². The number of fused-ring (bicyclic) bond motifs is 4. The van der Waals surface area contributed by atoms with Crippen LogP contribution in [0.5, 0.6) is 0 Å². The molecule has 2 saturated carbocycles. The molecule has 2 aromatic rings. The molecule has 0 radical (unpaired) electrons. The molecule has 6 heteroatoms. The lowest BCUT2D eigenvalue weighted by Gasteiger charge is -2.48. The summed E-state index contributed by atoms with van der Waals surface area (Å²) in [5, 5.41) is 3.68. The minimum absolute atomic E-state index is 0.0165. The highest BCUT2D eigenvalue weighted by molar-refractivity contribution is 5.73. The van der Waals surface area contributed by atoms with Gasteiger partial charge in [-0.15, -0.1) is 0 Å². The first-order chi connectivity index (χ1) is 16.9. The maximum Gasteiger partial charge on any atom is 0.310 e. The Bertz CT molecular complexity index is 1030. The van der Waals surface area contributed by atoms with Crippen molar-refractivity contribution in [1.29, 1.82) is 0 Å². The molecule has 0 spiro atoms. The van der Waals surface area contributed by atoms with Crippen molar-refractivity contribution < 1.29 is 23.8 Å². The van der Waals surface area contributed by atoms with Gasteiger partial charge in [-0.05, 0) is 36.3 Å². The number of carbonyl (C=O) groups excluding carboxylic acids is 2. The Morgan fingerprint density at radius 3 is 2.40 bits per heavy atom. The lowest BCUT2D eigenvalue weighted by molar-refractivity contribution is -0.184. The summed E-state index contributed by atoms with van der Waals surface area (Å²) < 4.78 is 18.4. The van der Waals surface area contributed by atoms with Crippen LogP contribution in [0.1, 0.15) is 50.7 Å². The number of rotatable bonds is 9. The molecule has 1 saturated heterocycles. The molecule has 5 rings (SSSR count). The van der Waals surface area contributed by atoms with Crippen LogP contribution in [0.4, 0.5) is 0 Å². The van der Waals surface area contributed by atoms with Crippen LogP contribution < -0.4 is 5.32 Å². The van der Waals surface area contributed by atoms with Crippen LogP contribution >= 0.6 is 0 Å². The fourth-order valence-corrected chi connectivity index (χ4v) is 5.88. The highest BCUT2D eigenvalue weighted by atomic mass is 16.6. The average molecular weight is 478 g/mol. The average Bonchev–Trinajstić information content (AvgIpc) is 3.63. The summed E-state index contributed by atoms with van der Waals surface area (Å²) in [6.07, 6.45) is 2.25. The van der Waals surface area contributed by atoms with E-state index in [1.54, 1.807) is 0 Å². The van der Waals surface area contributed by atoms with Gasteiger partial charge >= 0.3 is 11.9 Å². The number of nitrogens with one attached hydrogen (secondary N) is 1. The fraction of sp³-hybridized carbons (Fsp3) is 0.517. The second-order valence-electron chi connectivity index (χ2n) is 10.6. The maximum atomic E-state index is 12.8. The molecular weight excluding hydrogens is 442 g/mol. The van der Waals surface area contributed by atoms with Crippen LogP contribution in [-0.2, 0) is 36.8 Å². The lowest BCUT2D eigenvalue weighted by Crippen LogP contribution is -2.61. The van der Waals surface area contributed by atoms with E-state index in [2.05, 4.69) is 17.4 Å². The summed E-state index contributed by atoms with van der Waals surface area (Å²) in [7, 11) is 0. The van der Waals surface area contributed by atoms with Gasteiger partial charge in [0.25, 0.3) is 0 Å². The van der Waals surface area contributed by atoms with Crippen molar-refractivity contribution >= 4 is 11.9 Å². The van der Waals surface area contributed by atoms with Crippen LogP contribution in [-0.4, -0.2) is 41.9 Å². The monoisotopic (exact) mass is 477 g/mol. The van der Waals surface area contributed by atoms with E-state index >= 15 is 0 Å². The van der Waals surface area contributed by atoms with Crippen LogP contribution in [0.15, 0.2) is 60.7 Å². The van der Waals surface area contributed by atoms with E-state index in [1.165, 1.54) is 5.56 Å². The molecule has 2 aliphatic carbocycles. The molecule has 6 atom stereocenters. The number of ether oxygens (including phenoxy) is 3.